The van der Waals surface area contributed by atoms with Gasteiger partial charge in [-0.3, -0.25) is 0 Å². The predicted octanol–water partition coefficient (Wildman–Crippen LogP) is 3.67. The molecule has 3 heteroatoms. The highest BCUT2D eigenvalue weighted by molar-refractivity contribution is 5.16. The Kier molecular flexibility index (Phi) is 7.67. The molecule has 0 aliphatic rings. The highest BCUT2D eigenvalue weighted by Crippen LogP contribution is 2.15. The normalized spacial score (nSPS) is 11.0. The fourth-order valence-electron chi connectivity index (χ4n) is 0.187. The first-order chi connectivity index (χ1) is 4.55. The van der Waals surface area contributed by atoms with Crippen molar-refractivity contribution in [2.45, 2.75) is 20.8 Å². The summed E-state index contributed by atoms with van der Waals surface area (Å²) in [6.45, 7) is 7.36. The summed E-state index contributed by atoms with van der Waals surface area (Å²) in [4.78, 5) is 0. The quantitative estimate of drug-likeness (QED) is 0.503. The molecule has 0 heterocycles. The van der Waals surface area contributed by atoms with Gasteiger partial charge in [-0.05, 0) is 6.92 Å². The molecule has 0 bridgehead atoms. The largest absolute Gasteiger partial charge is 0.209 e. The minimum atomic E-state index is -1.51. The maximum atomic E-state index is 11.7. The van der Waals surface area contributed by atoms with E-state index in [-0.39, 0.29) is 0 Å². The van der Waals surface area contributed by atoms with Crippen LogP contribution in [-0.4, -0.2) is 0 Å². The van der Waals surface area contributed by atoms with Gasteiger partial charge in [-0.25, -0.2) is 13.2 Å². The van der Waals surface area contributed by atoms with Crippen molar-refractivity contribution in [2.75, 3.05) is 0 Å². The molecule has 0 aliphatic carbocycles. The molecule has 0 unspecified atom stereocenters. The summed E-state index contributed by atoms with van der Waals surface area (Å²) in [5, 5.41) is 0. The molecular formula is C7H11F3. The Bertz CT molecular complexity index is 132. The molecule has 0 saturated heterocycles. The molecule has 0 aromatic heterocycles. The Morgan fingerprint density at radius 1 is 1.10 bits per heavy atom. The topological polar surface area (TPSA) is 0 Å². The lowest BCUT2D eigenvalue weighted by Gasteiger charge is -1.87. The van der Waals surface area contributed by atoms with Gasteiger partial charge in [-0.1, -0.05) is 20.4 Å². The molecule has 0 spiro atoms. The lowest BCUT2D eigenvalue weighted by molar-refractivity contribution is 0.496. The van der Waals surface area contributed by atoms with E-state index in [1.165, 1.54) is 0 Å². The van der Waals surface area contributed by atoms with Crippen LogP contribution in [0.5, 0.6) is 0 Å². The molecule has 0 N–H and O–H groups in total. The summed E-state index contributed by atoms with van der Waals surface area (Å²) in [5.74, 6) is -4.06. The first-order valence-electron chi connectivity index (χ1n) is 2.92. The second-order valence-corrected chi connectivity index (χ2v) is 1.25. The van der Waals surface area contributed by atoms with Crippen molar-refractivity contribution >= 4 is 0 Å². The van der Waals surface area contributed by atoms with Gasteiger partial charge in [-0.2, -0.15) is 0 Å². The van der Waals surface area contributed by atoms with Crippen molar-refractivity contribution < 1.29 is 13.2 Å². The van der Waals surface area contributed by atoms with Crippen molar-refractivity contribution in [1.82, 2.24) is 0 Å². The van der Waals surface area contributed by atoms with E-state index in [0.29, 0.717) is 0 Å². The van der Waals surface area contributed by atoms with Crippen LogP contribution in [-0.2, 0) is 0 Å². The van der Waals surface area contributed by atoms with Gasteiger partial charge in [0, 0.05) is 0 Å². The molecule has 0 nitrogen and oxygen atoms in total. The Balaban J connectivity index is 0. The van der Waals surface area contributed by atoms with E-state index in [1.807, 2.05) is 13.8 Å². The third kappa shape index (κ3) is 5.41. The second-order valence-electron chi connectivity index (χ2n) is 1.25. The van der Waals surface area contributed by atoms with Gasteiger partial charge in [0.2, 0.25) is 0 Å². The van der Waals surface area contributed by atoms with Gasteiger partial charge in [0.15, 0.2) is 11.7 Å². The molecule has 0 amide bonds. The summed E-state index contributed by atoms with van der Waals surface area (Å²) >= 11 is 0. The Labute approximate surface area is 59.1 Å². The molecule has 0 aromatic rings. The zero-order valence-electron chi connectivity index (χ0n) is 6.34. The highest BCUT2D eigenvalue weighted by Gasteiger charge is 2.02. The summed E-state index contributed by atoms with van der Waals surface area (Å²) in [6, 6.07) is 0. The van der Waals surface area contributed by atoms with Gasteiger partial charge < -0.3 is 0 Å². The van der Waals surface area contributed by atoms with Crippen molar-refractivity contribution in [2.24, 2.45) is 0 Å². The lowest BCUT2D eigenvalue weighted by atomic mass is 10.4. The number of halogens is 3. The summed E-state index contributed by atoms with van der Waals surface area (Å²) < 4.78 is 34.7. The standard InChI is InChI=1S/C5H5F3.C2H6/c1-3(6)5(8)4(2)7;1-2/h1H2,2H3;1-2H3/b5-4-;. The lowest BCUT2D eigenvalue weighted by Crippen LogP contribution is -1.73. The van der Waals surface area contributed by atoms with Crippen molar-refractivity contribution in [1.29, 1.82) is 0 Å². The third-order valence-electron chi connectivity index (χ3n) is 0.541. The van der Waals surface area contributed by atoms with E-state index in [9.17, 15) is 13.2 Å². The van der Waals surface area contributed by atoms with Crippen LogP contribution in [0.15, 0.2) is 24.1 Å². The molecule has 0 radical (unpaired) electrons. The Morgan fingerprint density at radius 2 is 1.40 bits per heavy atom. The SMILES string of the molecule is C=C(F)/C(F)=C(\C)F.CC. The summed E-state index contributed by atoms with van der Waals surface area (Å²) in [7, 11) is 0. The number of allylic oxidation sites excluding steroid dienone is 3. The Morgan fingerprint density at radius 3 is 1.40 bits per heavy atom. The molecule has 0 fully saturated rings. The molecule has 10 heavy (non-hydrogen) atoms. The van der Waals surface area contributed by atoms with Crippen molar-refractivity contribution in [3.8, 4) is 0 Å². The zero-order valence-corrected chi connectivity index (χ0v) is 6.34. The van der Waals surface area contributed by atoms with Crippen LogP contribution in [0.3, 0.4) is 0 Å². The molecule has 0 atom stereocenters. The highest BCUT2D eigenvalue weighted by atomic mass is 19.2. The van der Waals surface area contributed by atoms with Gasteiger partial charge in [0.05, 0.1) is 0 Å². The first-order valence-corrected chi connectivity index (χ1v) is 2.92. The third-order valence-corrected chi connectivity index (χ3v) is 0.541. The molecule has 0 rings (SSSR count). The number of rotatable bonds is 1. The van der Waals surface area contributed by atoms with Crippen LogP contribution in [0.1, 0.15) is 20.8 Å². The van der Waals surface area contributed by atoms with Crippen LogP contribution in [0, 0.1) is 0 Å². The molecule has 0 aromatic carbocycles. The van der Waals surface area contributed by atoms with E-state index in [4.69, 9.17) is 0 Å². The van der Waals surface area contributed by atoms with Crippen molar-refractivity contribution in [3.05, 3.63) is 24.1 Å². The minimum absolute atomic E-state index is 0.820. The minimum Gasteiger partial charge on any atom is -0.209 e. The van der Waals surface area contributed by atoms with E-state index >= 15 is 0 Å². The van der Waals surface area contributed by atoms with Gasteiger partial charge in [-0.15, -0.1) is 0 Å². The van der Waals surface area contributed by atoms with Gasteiger partial charge in [0.1, 0.15) is 5.83 Å². The van der Waals surface area contributed by atoms with Crippen LogP contribution in [0.25, 0.3) is 0 Å². The molecule has 60 valence electrons. The fourth-order valence-corrected chi connectivity index (χ4v) is 0.187. The van der Waals surface area contributed by atoms with Gasteiger partial charge >= 0.3 is 0 Å². The first kappa shape index (κ1) is 12.0. The average molecular weight is 152 g/mol. The number of hydrogen-bond acceptors (Lipinski definition) is 0. The maximum Gasteiger partial charge on any atom is 0.189 e. The van der Waals surface area contributed by atoms with E-state index in [2.05, 4.69) is 6.58 Å². The maximum absolute atomic E-state index is 11.7. The fraction of sp³-hybridized carbons (Fsp3) is 0.429. The molecule has 0 aliphatic heterocycles. The van der Waals surface area contributed by atoms with Crippen LogP contribution in [0.4, 0.5) is 13.2 Å². The summed E-state index contributed by atoms with van der Waals surface area (Å²) in [6.07, 6.45) is 0. The van der Waals surface area contributed by atoms with E-state index in [0.717, 1.165) is 6.92 Å². The molecule has 0 saturated carbocycles. The number of hydrogen-bond donors (Lipinski definition) is 0. The van der Waals surface area contributed by atoms with Crippen LogP contribution in [0.2, 0.25) is 0 Å². The summed E-state index contributed by atoms with van der Waals surface area (Å²) in [5.41, 5.74) is 0. The zero-order chi connectivity index (χ0) is 8.73. The smallest absolute Gasteiger partial charge is 0.189 e. The van der Waals surface area contributed by atoms with Crippen LogP contribution >= 0.6 is 0 Å². The molecular weight excluding hydrogens is 141 g/mol. The predicted molar refractivity (Wildman–Crippen MR) is 36.5 cm³/mol. The van der Waals surface area contributed by atoms with E-state index in [1.54, 1.807) is 0 Å². The monoisotopic (exact) mass is 152 g/mol. The average Bonchev–Trinajstić information content (AvgIpc) is 1.90. The van der Waals surface area contributed by atoms with Crippen molar-refractivity contribution in [3.63, 3.8) is 0 Å². The van der Waals surface area contributed by atoms with Gasteiger partial charge in [0.25, 0.3) is 0 Å². The van der Waals surface area contributed by atoms with E-state index < -0.39 is 17.5 Å². The second kappa shape index (κ2) is 6.39. The Hall–Kier alpha value is -0.730. The van der Waals surface area contributed by atoms with Crippen LogP contribution < -0.4 is 0 Å².